The summed E-state index contributed by atoms with van der Waals surface area (Å²) in [5.41, 5.74) is -1.62. The van der Waals surface area contributed by atoms with E-state index in [1.807, 2.05) is 12.1 Å². The van der Waals surface area contributed by atoms with E-state index in [1.54, 1.807) is 31.9 Å². The van der Waals surface area contributed by atoms with E-state index in [4.69, 9.17) is 4.74 Å². The Bertz CT molecular complexity index is 1080. The van der Waals surface area contributed by atoms with E-state index < -0.39 is 30.2 Å². The van der Waals surface area contributed by atoms with Gasteiger partial charge in [0.05, 0.1) is 13.2 Å². The van der Waals surface area contributed by atoms with Crippen molar-refractivity contribution in [2.45, 2.75) is 63.3 Å². The van der Waals surface area contributed by atoms with E-state index in [-0.39, 0.29) is 5.43 Å². The fourth-order valence-corrected chi connectivity index (χ4v) is 5.12. The number of pyridine rings is 1. The smallest absolute Gasteiger partial charge is 0.418 e. The molecule has 2 aliphatic heterocycles. The highest BCUT2D eigenvalue weighted by Gasteiger charge is 2.56. The average molecular weight is 451 g/mol. The third-order valence-corrected chi connectivity index (χ3v) is 6.69. The largest absolute Gasteiger partial charge is 0.493 e. The van der Waals surface area contributed by atoms with Crippen molar-refractivity contribution in [1.29, 1.82) is 0 Å². The van der Waals surface area contributed by atoms with E-state index in [0.717, 1.165) is 18.4 Å². The molecule has 5 nitrogen and oxygen atoms in total. The first-order chi connectivity index (χ1) is 14.9. The number of benzene rings is 1. The highest BCUT2D eigenvalue weighted by molar-refractivity contribution is 5.52. The number of para-hydroxylation sites is 1. The summed E-state index contributed by atoms with van der Waals surface area (Å²) in [5, 5.41) is 11.1. The molecule has 3 heterocycles. The molecule has 4 rings (SSSR count). The van der Waals surface area contributed by atoms with Crippen LogP contribution in [-0.4, -0.2) is 41.7 Å². The van der Waals surface area contributed by atoms with Gasteiger partial charge in [0.2, 0.25) is 5.43 Å². The van der Waals surface area contributed by atoms with Gasteiger partial charge in [-0.1, -0.05) is 32.0 Å². The second-order valence-corrected chi connectivity index (χ2v) is 9.61. The van der Waals surface area contributed by atoms with Crippen LogP contribution in [0.4, 0.5) is 18.9 Å². The zero-order chi connectivity index (χ0) is 23.3. The molecule has 2 aromatic rings. The van der Waals surface area contributed by atoms with E-state index in [1.165, 1.54) is 16.8 Å². The van der Waals surface area contributed by atoms with Gasteiger partial charge in [-0.3, -0.25) is 4.79 Å². The zero-order valence-corrected chi connectivity index (χ0v) is 18.6. The third-order valence-electron chi connectivity index (χ3n) is 6.69. The van der Waals surface area contributed by atoms with Gasteiger partial charge < -0.3 is 19.3 Å². The number of aliphatic hydroxyl groups is 1. The lowest BCUT2D eigenvalue weighted by Crippen LogP contribution is -2.52. The summed E-state index contributed by atoms with van der Waals surface area (Å²) in [6, 6.07) is 6.80. The van der Waals surface area contributed by atoms with Gasteiger partial charge in [-0.25, -0.2) is 0 Å². The van der Waals surface area contributed by atoms with Crippen molar-refractivity contribution in [1.82, 2.24) is 4.57 Å². The number of hydrogen-bond donors (Lipinski definition) is 1. The number of ether oxygens (including phenoxy) is 1. The molecule has 0 aliphatic carbocycles. The van der Waals surface area contributed by atoms with Crippen molar-refractivity contribution < 1.29 is 23.0 Å². The van der Waals surface area contributed by atoms with Crippen LogP contribution in [0.2, 0.25) is 0 Å². The number of rotatable bonds is 5. The number of alkyl halides is 3. The van der Waals surface area contributed by atoms with Gasteiger partial charge in [0.15, 0.2) is 5.60 Å². The molecule has 0 fully saturated rings. The summed E-state index contributed by atoms with van der Waals surface area (Å²) in [5.74, 6) is 0.629. The Morgan fingerprint density at radius 3 is 2.62 bits per heavy atom. The van der Waals surface area contributed by atoms with Crippen molar-refractivity contribution in [2.75, 3.05) is 25.1 Å². The average Bonchev–Trinajstić information content (AvgIpc) is 3.17. The summed E-state index contributed by atoms with van der Waals surface area (Å²) in [6.45, 7) is 3.91. The number of aromatic nitrogens is 1. The standard InChI is InChI=1S/C24H29F3N2O3/c1-22(2,17-7-4-6-16-10-13-32-21(16)17)14-23(31,24(25,26)27)15-29-12-9-19(30)20-18(29)8-5-11-28(20)3/h4,6-7,9,12,31H,5,8,10-11,13-15H2,1-3H3. The number of hydrogen-bond acceptors (Lipinski definition) is 4. The molecule has 1 aromatic carbocycles. The first kappa shape index (κ1) is 22.7. The highest BCUT2D eigenvalue weighted by atomic mass is 19.4. The Kier molecular flexibility index (Phi) is 5.56. The minimum Gasteiger partial charge on any atom is -0.493 e. The lowest BCUT2D eigenvalue weighted by molar-refractivity contribution is -0.271. The normalized spacial score (nSPS) is 18.0. The monoisotopic (exact) mass is 450 g/mol. The van der Waals surface area contributed by atoms with Crippen LogP contribution in [0.15, 0.2) is 35.3 Å². The number of fused-ring (bicyclic) bond motifs is 2. The summed E-state index contributed by atoms with van der Waals surface area (Å²) < 4.78 is 50.1. The van der Waals surface area contributed by atoms with E-state index in [2.05, 4.69) is 0 Å². The molecule has 0 radical (unpaired) electrons. The second-order valence-electron chi connectivity index (χ2n) is 9.61. The molecular weight excluding hydrogens is 421 g/mol. The van der Waals surface area contributed by atoms with Crippen LogP contribution < -0.4 is 15.1 Å². The van der Waals surface area contributed by atoms with Crippen molar-refractivity contribution in [2.24, 2.45) is 0 Å². The van der Waals surface area contributed by atoms with Gasteiger partial charge in [0, 0.05) is 43.5 Å². The Morgan fingerprint density at radius 1 is 1.16 bits per heavy atom. The molecular formula is C24H29F3N2O3. The predicted molar refractivity (Wildman–Crippen MR) is 117 cm³/mol. The second kappa shape index (κ2) is 7.83. The molecule has 8 heteroatoms. The maximum absolute atomic E-state index is 14.3. The summed E-state index contributed by atoms with van der Waals surface area (Å²) in [4.78, 5) is 14.1. The first-order valence-corrected chi connectivity index (χ1v) is 10.9. The molecule has 1 atom stereocenters. The Balaban J connectivity index is 1.73. The number of nitrogens with zero attached hydrogens (tertiary/aromatic N) is 2. The van der Waals surface area contributed by atoms with Crippen molar-refractivity contribution >= 4 is 5.69 Å². The topological polar surface area (TPSA) is 54.7 Å². The minimum atomic E-state index is -4.86. The van der Waals surface area contributed by atoms with Gasteiger partial charge in [0.1, 0.15) is 11.4 Å². The van der Waals surface area contributed by atoms with Gasteiger partial charge >= 0.3 is 6.18 Å². The summed E-state index contributed by atoms with van der Waals surface area (Å²) in [7, 11) is 1.76. The SMILES string of the molecule is CN1CCCc2c1c(=O)ccn2CC(O)(CC(C)(C)c1cccc2c1OCC2)C(F)(F)F. The maximum Gasteiger partial charge on any atom is 0.418 e. The van der Waals surface area contributed by atoms with Crippen LogP contribution in [0, 0.1) is 0 Å². The minimum absolute atomic E-state index is 0.216. The van der Waals surface area contributed by atoms with Gasteiger partial charge in [-0.15, -0.1) is 0 Å². The Labute approximate surface area is 185 Å². The molecule has 1 aromatic heterocycles. The first-order valence-electron chi connectivity index (χ1n) is 10.9. The lowest BCUT2D eigenvalue weighted by atomic mass is 9.74. The highest BCUT2D eigenvalue weighted by Crippen LogP contribution is 2.46. The molecule has 1 N–H and O–H groups in total. The van der Waals surface area contributed by atoms with Crippen LogP contribution in [0.25, 0.3) is 0 Å². The summed E-state index contributed by atoms with van der Waals surface area (Å²) >= 11 is 0. The molecule has 2 aliphatic rings. The van der Waals surface area contributed by atoms with Crippen LogP contribution in [0.3, 0.4) is 0 Å². The zero-order valence-electron chi connectivity index (χ0n) is 18.6. The molecule has 0 bridgehead atoms. The van der Waals surface area contributed by atoms with E-state index >= 15 is 0 Å². The van der Waals surface area contributed by atoms with Crippen LogP contribution in [-0.2, 0) is 24.8 Å². The van der Waals surface area contributed by atoms with E-state index in [0.29, 0.717) is 42.3 Å². The third kappa shape index (κ3) is 3.89. The number of anilines is 1. The Morgan fingerprint density at radius 2 is 1.91 bits per heavy atom. The van der Waals surface area contributed by atoms with E-state index in [9.17, 15) is 23.1 Å². The summed E-state index contributed by atoms with van der Waals surface area (Å²) in [6.07, 6.45) is -2.09. The molecule has 174 valence electrons. The van der Waals surface area contributed by atoms with Crippen LogP contribution >= 0.6 is 0 Å². The van der Waals surface area contributed by atoms with Crippen molar-refractivity contribution in [3.05, 3.63) is 57.5 Å². The van der Waals surface area contributed by atoms with Crippen molar-refractivity contribution in [3.63, 3.8) is 0 Å². The van der Waals surface area contributed by atoms with Gasteiger partial charge in [-0.2, -0.15) is 13.2 Å². The molecule has 0 spiro atoms. The van der Waals surface area contributed by atoms with Gasteiger partial charge in [0.25, 0.3) is 0 Å². The molecule has 0 saturated heterocycles. The Hall–Kier alpha value is -2.48. The van der Waals surface area contributed by atoms with Crippen LogP contribution in [0.1, 0.15) is 43.5 Å². The molecule has 0 amide bonds. The van der Waals surface area contributed by atoms with Gasteiger partial charge in [-0.05, 0) is 30.2 Å². The fraction of sp³-hybridized carbons (Fsp3) is 0.542. The quantitative estimate of drug-likeness (QED) is 0.753. The molecule has 1 unspecified atom stereocenters. The molecule has 0 saturated carbocycles. The van der Waals surface area contributed by atoms with Crippen LogP contribution in [0.5, 0.6) is 5.75 Å². The fourth-order valence-electron chi connectivity index (χ4n) is 5.12. The van der Waals surface area contributed by atoms with Crippen molar-refractivity contribution in [3.8, 4) is 5.75 Å². The maximum atomic E-state index is 14.3. The molecule has 32 heavy (non-hydrogen) atoms. The predicted octanol–water partition coefficient (Wildman–Crippen LogP) is 3.83. The lowest BCUT2D eigenvalue weighted by Gasteiger charge is -2.40. The number of halogens is 3.